The Labute approximate surface area is 184 Å². The fourth-order valence-corrected chi connectivity index (χ4v) is 3.75. The summed E-state index contributed by atoms with van der Waals surface area (Å²) in [5.41, 5.74) is 0.961. The summed E-state index contributed by atoms with van der Waals surface area (Å²) in [7, 11) is 1.62. The van der Waals surface area contributed by atoms with Crippen LogP contribution in [-0.4, -0.2) is 41.7 Å². The molecule has 6 heteroatoms. The summed E-state index contributed by atoms with van der Waals surface area (Å²) < 4.78 is 5.21. The number of thioether (sulfide) groups is 1. The second-order valence-corrected chi connectivity index (χ2v) is 8.44. The Kier molecular flexibility index (Phi) is 9.74. The maximum atomic E-state index is 13.1. The van der Waals surface area contributed by atoms with E-state index in [9.17, 15) is 9.59 Å². The van der Waals surface area contributed by atoms with Crippen LogP contribution in [0.25, 0.3) is 0 Å². The predicted octanol–water partition coefficient (Wildman–Crippen LogP) is 4.51. The largest absolute Gasteiger partial charge is 0.497 e. The molecule has 0 aliphatic heterocycles. The fourth-order valence-electron chi connectivity index (χ4n) is 2.89. The van der Waals surface area contributed by atoms with E-state index in [1.54, 1.807) is 30.7 Å². The van der Waals surface area contributed by atoms with E-state index in [2.05, 4.69) is 5.32 Å². The fraction of sp³-hybridized carbons (Fsp3) is 0.417. The molecule has 0 saturated carbocycles. The molecule has 0 aromatic heterocycles. The molecule has 1 N–H and O–H groups in total. The number of nitrogens with zero attached hydrogens (tertiary/aromatic N) is 1. The van der Waals surface area contributed by atoms with Crippen LogP contribution in [0.4, 0.5) is 0 Å². The van der Waals surface area contributed by atoms with Crippen molar-refractivity contribution in [2.75, 3.05) is 12.9 Å². The summed E-state index contributed by atoms with van der Waals surface area (Å²) in [4.78, 5) is 28.6. The lowest BCUT2D eigenvalue weighted by Gasteiger charge is -2.29. The van der Waals surface area contributed by atoms with Crippen molar-refractivity contribution in [3.05, 3.63) is 60.2 Å². The number of nitrogens with one attached hydrogen (secondary N) is 1. The molecule has 5 nitrogen and oxygen atoms in total. The van der Waals surface area contributed by atoms with E-state index in [1.807, 2.05) is 68.4 Å². The first-order valence-corrected chi connectivity index (χ1v) is 11.3. The molecule has 2 aromatic rings. The molecule has 2 aromatic carbocycles. The average Bonchev–Trinajstić information content (AvgIpc) is 2.77. The van der Waals surface area contributed by atoms with Gasteiger partial charge in [-0.25, -0.2) is 0 Å². The van der Waals surface area contributed by atoms with E-state index in [-0.39, 0.29) is 17.9 Å². The van der Waals surface area contributed by atoms with Gasteiger partial charge in [-0.2, -0.15) is 0 Å². The van der Waals surface area contributed by atoms with Gasteiger partial charge in [-0.15, -0.1) is 11.8 Å². The molecule has 0 saturated heterocycles. The van der Waals surface area contributed by atoms with Crippen molar-refractivity contribution in [2.45, 2.75) is 57.1 Å². The van der Waals surface area contributed by atoms with E-state index in [0.29, 0.717) is 18.7 Å². The summed E-state index contributed by atoms with van der Waals surface area (Å²) in [6.45, 7) is 6.17. The highest BCUT2D eigenvalue weighted by atomic mass is 32.2. The number of carbonyl (C=O) groups is 2. The first-order valence-electron chi connectivity index (χ1n) is 10.3. The predicted molar refractivity (Wildman–Crippen MR) is 123 cm³/mol. The lowest BCUT2D eigenvalue weighted by atomic mass is 10.1. The molecule has 2 amide bonds. The van der Waals surface area contributed by atoms with Gasteiger partial charge in [0.2, 0.25) is 11.8 Å². The molecule has 162 valence electrons. The van der Waals surface area contributed by atoms with Crippen molar-refractivity contribution in [3.8, 4) is 5.75 Å². The zero-order valence-electron chi connectivity index (χ0n) is 18.3. The first kappa shape index (κ1) is 23.8. The van der Waals surface area contributed by atoms with Gasteiger partial charge in [0, 0.05) is 29.7 Å². The van der Waals surface area contributed by atoms with E-state index in [4.69, 9.17) is 4.74 Å². The minimum Gasteiger partial charge on any atom is -0.497 e. The third kappa shape index (κ3) is 7.41. The van der Waals surface area contributed by atoms with Crippen LogP contribution in [-0.2, 0) is 16.1 Å². The standard InChI is InChI=1S/C24H32N2O3S/c1-5-18(2)25-24(28)19(3)26(17-20-11-13-21(29-4)14-12-20)23(27)15-16-30-22-9-7-6-8-10-22/h6-14,18-19H,5,15-17H2,1-4H3,(H,25,28)/t18-,19-/m1/s1. The highest BCUT2D eigenvalue weighted by Gasteiger charge is 2.26. The summed E-state index contributed by atoms with van der Waals surface area (Å²) in [5.74, 6) is 1.28. The highest BCUT2D eigenvalue weighted by Crippen LogP contribution is 2.20. The Morgan fingerprint density at radius 1 is 1.07 bits per heavy atom. The number of carbonyl (C=O) groups excluding carboxylic acids is 2. The second-order valence-electron chi connectivity index (χ2n) is 7.28. The van der Waals surface area contributed by atoms with Crippen LogP contribution in [0.2, 0.25) is 0 Å². The number of hydrogen-bond donors (Lipinski definition) is 1. The van der Waals surface area contributed by atoms with Gasteiger partial charge in [-0.05, 0) is 50.1 Å². The summed E-state index contributed by atoms with van der Waals surface area (Å²) in [6.07, 6.45) is 1.22. The van der Waals surface area contributed by atoms with Crippen LogP contribution >= 0.6 is 11.8 Å². The molecule has 0 radical (unpaired) electrons. The normalized spacial score (nSPS) is 12.7. The van der Waals surface area contributed by atoms with Crippen molar-refractivity contribution in [3.63, 3.8) is 0 Å². The molecule has 0 spiro atoms. The smallest absolute Gasteiger partial charge is 0.242 e. The Bertz CT molecular complexity index is 796. The Morgan fingerprint density at radius 3 is 2.33 bits per heavy atom. The lowest BCUT2D eigenvalue weighted by molar-refractivity contribution is -0.140. The van der Waals surface area contributed by atoms with Crippen LogP contribution in [0.5, 0.6) is 5.75 Å². The molecular weight excluding hydrogens is 396 g/mol. The van der Waals surface area contributed by atoms with Crippen LogP contribution in [0.1, 0.15) is 39.2 Å². The molecule has 0 aliphatic rings. The summed E-state index contributed by atoms with van der Waals surface area (Å²) in [6, 6.07) is 17.1. The van der Waals surface area contributed by atoms with Gasteiger partial charge in [0.05, 0.1) is 7.11 Å². The van der Waals surface area contributed by atoms with Gasteiger partial charge >= 0.3 is 0 Å². The third-order valence-corrected chi connectivity index (χ3v) is 6.02. The Morgan fingerprint density at radius 2 is 1.73 bits per heavy atom. The number of methoxy groups -OCH3 is 1. The molecule has 2 rings (SSSR count). The van der Waals surface area contributed by atoms with Crippen LogP contribution in [0.15, 0.2) is 59.5 Å². The maximum absolute atomic E-state index is 13.1. The van der Waals surface area contributed by atoms with Crippen LogP contribution < -0.4 is 10.1 Å². The molecule has 0 heterocycles. The quantitative estimate of drug-likeness (QED) is 0.535. The number of amides is 2. The van der Waals surface area contributed by atoms with Crippen molar-refractivity contribution in [2.24, 2.45) is 0 Å². The molecule has 0 fully saturated rings. The maximum Gasteiger partial charge on any atom is 0.242 e. The Hall–Kier alpha value is -2.47. The van der Waals surface area contributed by atoms with Crippen LogP contribution in [0, 0.1) is 0 Å². The van der Waals surface area contributed by atoms with E-state index >= 15 is 0 Å². The van der Waals surface area contributed by atoms with Crippen molar-refractivity contribution in [1.29, 1.82) is 0 Å². The highest BCUT2D eigenvalue weighted by molar-refractivity contribution is 7.99. The Balaban J connectivity index is 2.07. The van der Waals surface area contributed by atoms with Gasteiger partial charge in [0.25, 0.3) is 0 Å². The number of rotatable bonds is 11. The number of ether oxygens (including phenoxy) is 1. The molecule has 2 atom stereocenters. The number of benzene rings is 2. The van der Waals surface area contributed by atoms with Crippen molar-refractivity contribution in [1.82, 2.24) is 10.2 Å². The van der Waals surface area contributed by atoms with Gasteiger partial charge < -0.3 is 15.0 Å². The first-order chi connectivity index (χ1) is 14.4. The topological polar surface area (TPSA) is 58.6 Å². The zero-order valence-corrected chi connectivity index (χ0v) is 19.1. The molecule has 0 unspecified atom stereocenters. The molecular formula is C24H32N2O3S. The minimum atomic E-state index is -0.546. The summed E-state index contributed by atoms with van der Waals surface area (Å²) >= 11 is 1.65. The van der Waals surface area contributed by atoms with E-state index < -0.39 is 6.04 Å². The average molecular weight is 429 g/mol. The van der Waals surface area contributed by atoms with Gasteiger partial charge in [0.15, 0.2) is 0 Å². The zero-order chi connectivity index (χ0) is 21.9. The number of hydrogen-bond acceptors (Lipinski definition) is 4. The van der Waals surface area contributed by atoms with E-state index in [0.717, 1.165) is 22.6 Å². The SMILES string of the molecule is CC[C@@H](C)NC(=O)[C@@H](C)N(Cc1ccc(OC)cc1)C(=O)CCSc1ccccc1. The van der Waals surface area contributed by atoms with Crippen molar-refractivity contribution < 1.29 is 14.3 Å². The molecule has 30 heavy (non-hydrogen) atoms. The molecule has 0 bridgehead atoms. The summed E-state index contributed by atoms with van der Waals surface area (Å²) in [5, 5.41) is 2.99. The second kappa shape index (κ2) is 12.3. The third-order valence-electron chi connectivity index (χ3n) is 5.01. The van der Waals surface area contributed by atoms with Crippen molar-refractivity contribution >= 4 is 23.6 Å². The van der Waals surface area contributed by atoms with Crippen LogP contribution in [0.3, 0.4) is 0 Å². The minimum absolute atomic E-state index is 0.0268. The monoisotopic (exact) mass is 428 g/mol. The van der Waals surface area contributed by atoms with Gasteiger partial charge in [0.1, 0.15) is 11.8 Å². The van der Waals surface area contributed by atoms with E-state index in [1.165, 1.54) is 0 Å². The lowest BCUT2D eigenvalue weighted by Crippen LogP contribution is -2.49. The molecule has 0 aliphatic carbocycles. The van der Waals surface area contributed by atoms with Gasteiger partial charge in [-0.3, -0.25) is 9.59 Å². The van der Waals surface area contributed by atoms with Gasteiger partial charge in [-0.1, -0.05) is 37.3 Å².